The van der Waals surface area contributed by atoms with E-state index in [1.165, 1.54) is 5.57 Å². The summed E-state index contributed by atoms with van der Waals surface area (Å²) in [5, 5.41) is 11.0. The monoisotopic (exact) mass is 319 g/mol. The van der Waals surface area contributed by atoms with Crippen molar-refractivity contribution < 1.29 is 4.74 Å². The number of aryl methyl sites for hydroxylation is 1. The molecule has 1 N–H and O–H groups in total. The molecule has 24 heavy (non-hydrogen) atoms. The maximum Gasteiger partial charge on any atom is 0.122 e. The van der Waals surface area contributed by atoms with E-state index in [9.17, 15) is 0 Å². The average molecular weight is 319 g/mol. The van der Waals surface area contributed by atoms with Crippen LogP contribution in [-0.4, -0.2) is 12.6 Å². The topological polar surface area (TPSA) is 48.3 Å². The van der Waals surface area contributed by atoms with Crippen molar-refractivity contribution >= 4 is 5.69 Å². The number of allylic oxidation sites excluding steroid dienone is 1. The first-order chi connectivity index (χ1) is 11.6. The number of nitrogens with zero attached hydrogens (tertiary/aromatic N) is 2. The third kappa shape index (κ3) is 3.12. The lowest BCUT2D eigenvalue weighted by molar-refractivity contribution is 0.341. The number of para-hydroxylation sites is 1. The molecule has 0 saturated heterocycles. The van der Waals surface area contributed by atoms with E-state index in [4.69, 9.17) is 10.00 Å². The minimum Gasteiger partial charge on any atom is -0.489 e. The quantitative estimate of drug-likeness (QED) is 0.927. The molecule has 3 rings (SSSR count). The number of hydrogen-bond acceptors (Lipinski definition) is 4. The Labute approximate surface area is 142 Å². The van der Waals surface area contributed by atoms with Gasteiger partial charge in [0.15, 0.2) is 0 Å². The van der Waals surface area contributed by atoms with Gasteiger partial charge < -0.3 is 4.74 Å². The highest BCUT2D eigenvalue weighted by molar-refractivity contribution is 5.56. The van der Waals surface area contributed by atoms with Crippen molar-refractivity contribution in [3.63, 3.8) is 0 Å². The van der Waals surface area contributed by atoms with Crippen LogP contribution in [0.15, 0.2) is 59.8 Å². The van der Waals surface area contributed by atoms with Gasteiger partial charge in [-0.1, -0.05) is 18.2 Å². The van der Waals surface area contributed by atoms with Crippen molar-refractivity contribution in [1.29, 1.82) is 5.26 Å². The van der Waals surface area contributed by atoms with Crippen LogP contribution in [0.4, 0.5) is 5.69 Å². The van der Waals surface area contributed by atoms with Gasteiger partial charge in [0.25, 0.3) is 0 Å². The van der Waals surface area contributed by atoms with E-state index in [2.05, 4.69) is 43.3 Å². The standard InChI is InChI=1S/C20H21N3O/c1-14-6-4-5-7-20(14)24-13-19-15(2)22-23(16(19)3)18-10-8-17(12-21)9-11-18/h4-11,15,22H,13H2,1-3H3. The molecular weight excluding hydrogens is 298 g/mol. The van der Waals surface area contributed by atoms with E-state index >= 15 is 0 Å². The van der Waals surface area contributed by atoms with Crippen LogP contribution in [-0.2, 0) is 0 Å². The number of hydrogen-bond donors (Lipinski definition) is 1. The second kappa shape index (κ2) is 6.77. The summed E-state index contributed by atoms with van der Waals surface area (Å²) in [5.74, 6) is 0.918. The van der Waals surface area contributed by atoms with Crippen LogP contribution in [0.3, 0.4) is 0 Å². The Hall–Kier alpha value is -2.77. The van der Waals surface area contributed by atoms with Crippen molar-refractivity contribution in [2.24, 2.45) is 0 Å². The molecule has 0 aromatic heterocycles. The number of benzene rings is 2. The van der Waals surface area contributed by atoms with Crippen molar-refractivity contribution in [3.8, 4) is 11.8 Å². The highest BCUT2D eigenvalue weighted by Crippen LogP contribution is 2.28. The molecule has 0 saturated carbocycles. The van der Waals surface area contributed by atoms with E-state index in [0.29, 0.717) is 12.2 Å². The summed E-state index contributed by atoms with van der Waals surface area (Å²) in [6, 6.07) is 18.0. The van der Waals surface area contributed by atoms with E-state index in [1.54, 1.807) is 0 Å². The van der Waals surface area contributed by atoms with Gasteiger partial charge >= 0.3 is 0 Å². The molecule has 0 fully saturated rings. The fourth-order valence-corrected chi connectivity index (χ4v) is 2.88. The largest absolute Gasteiger partial charge is 0.489 e. The van der Waals surface area contributed by atoms with Gasteiger partial charge in [-0.25, -0.2) is 5.43 Å². The molecule has 122 valence electrons. The number of rotatable bonds is 4. The number of hydrazine groups is 1. The summed E-state index contributed by atoms with van der Waals surface area (Å²) in [7, 11) is 0. The zero-order valence-electron chi connectivity index (χ0n) is 14.2. The number of nitriles is 1. The highest BCUT2D eigenvalue weighted by atomic mass is 16.5. The molecule has 2 aromatic carbocycles. The predicted octanol–water partition coefficient (Wildman–Crippen LogP) is 3.93. The number of ether oxygens (including phenoxy) is 1. The van der Waals surface area contributed by atoms with Gasteiger partial charge in [0.2, 0.25) is 0 Å². The summed E-state index contributed by atoms with van der Waals surface area (Å²) in [6.07, 6.45) is 0. The normalized spacial score (nSPS) is 17.1. The average Bonchev–Trinajstić information content (AvgIpc) is 2.89. The lowest BCUT2D eigenvalue weighted by atomic mass is 10.1. The van der Waals surface area contributed by atoms with Gasteiger partial charge in [-0.3, -0.25) is 5.01 Å². The first-order valence-electron chi connectivity index (χ1n) is 8.04. The van der Waals surface area contributed by atoms with Gasteiger partial charge in [-0.15, -0.1) is 0 Å². The van der Waals surface area contributed by atoms with Crippen LogP contribution < -0.4 is 15.2 Å². The van der Waals surface area contributed by atoms with Crippen LogP contribution in [0.5, 0.6) is 5.75 Å². The Bertz CT molecular complexity index is 802. The second-order valence-electron chi connectivity index (χ2n) is 6.01. The predicted molar refractivity (Wildman–Crippen MR) is 95.6 cm³/mol. The number of anilines is 1. The minimum absolute atomic E-state index is 0.199. The Kier molecular flexibility index (Phi) is 4.54. The van der Waals surface area contributed by atoms with Crippen LogP contribution >= 0.6 is 0 Å². The third-order valence-corrected chi connectivity index (χ3v) is 4.38. The Morgan fingerprint density at radius 2 is 1.83 bits per heavy atom. The van der Waals surface area contributed by atoms with Gasteiger partial charge in [-0.05, 0) is 56.7 Å². The molecule has 0 radical (unpaired) electrons. The molecule has 1 atom stereocenters. The molecule has 2 aromatic rings. The highest BCUT2D eigenvalue weighted by Gasteiger charge is 2.26. The van der Waals surface area contributed by atoms with Gasteiger partial charge in [-0.2, -0.15) is 5.26 Å². The zero-order chi connectivity index (χ0) is 17.1. The molecule has 1 heterocycles. The van der Waals surface area contributed by atoms with Crippen LogP contribution in [0, 0.1) is 18.3 Å². The third-order valence-electron chi connectivity index (χ3n) is 4.38. The van der Waals surface area contributed by atoms with Crippen LogP contribution in [0.2, 0.25) is 0 Å². The fourth-order valence-electron chi connectivity index (χ4n) is 2.88. The van der Waals surface area contributed by atoms with Gasteiger partial charge in [0.1, 0.15) is 12.4 Å². The molecular formula is C20H21N3O. The molecule has 1 aliphatic rings. The summed E-state index contributed by atoms with van der Waals surface area (Å²) in [5.41, 5.74) is 8.64. The summed E-state index contributed by atoms with van der Waals surface area (Å²) < 4.78 is 6.01. The van der Waals surface area contributed by atoms with E-state index in [-0.39, 0.29) is 6.04 Å². The smallest absolute Gasteiger partial charge is 0.122 e. The van der Waals surface area contributed by atoms with Crippen molar-refractivity contribution in [2.45, 2.75) is 26.8 Å². The van der Waals surface area contributed by atoms with Crippen LogP contribution in [0.1, 0.15) is 25.0 Å². The molecule has 1 unspecified atom stereocenters. The maximum atomic E-state index is 8.93. The zero-order valence-corrected chi connectivity index (χ0v) is 14.2. The Morgan fingerprint density at radius 1 is 1.12 bits per heavy atom. The van der Waals surface area contributed by atoms with Crippen molar-refractivity contribution in [1.82, 2.24) is 5.43 Å². The number of nitrogens with one attached hydrogen (secondary N) is 1. The summed E-state index contributed by atoms with van der Waals surface area (Å²) in [6.45, 7) is 6.82. The Balaban J connectivity index is 1.78. The van der Waals surface area contributed by atoms with E-state index in [1.807, 2.05) is 42.5 Å². The molecule has 1 aliphatic heterocycles. The molecule has 0 bridgehead atoms. The minimum atomic E-state index is 0.199. The Morgan fingerprint density at radius 3 is 2.50 bits per heavy atom. The fraction of sp³-hybridized carbons (Fsp3) is 0.250. The molecule has 4 heteroatoms. The van der Waals surface area contributed by atoms with Crippen molar-refractivity contribution in [2.75, 3.05) is 11.6 Å². The van der Waals surface area contributed by atoms with Gasteiger partial charge in [0, 0.05) is 11.3 Å². The first-order valence-corrected chi connectivity index (χ1v) is 8.04. The lowest BCUT2D eigenvalue weighted by Crippen LogP contribution is -2.36. The lowest BCUT2D eigenvalue weighted by Gasteiger charge is -2.21. The molecule has 0 spiro atoms. The van der Waals surface area contributed by atoms with Crippen molar-refractivity contribution in [3.05, 3.63) is 70.9 Å². The van der Waals surface area contributed by atoms with E-state index < -0.39 is 0 Å². The molecule has 4 nitrogen and oxygen atoms in total. The SMILES string of the molecule is CC1=C(COc2ccccc2C)C(C)NN1c1ccc(C#N)cc1. The van der Waals surface area contributed by atoms with Crippen LogP contribution in [0.25, 0.3) is 0 Å². The maximum absolute atomic E-state index is 8.93. The van der Waals surface area contributed by atoms with Gasteiger partial charge in [0.05, 0.1) is 23.4 Å². The summed E-state index contributed by atoms with van der Waals surface area (Å²) in [4.78, 5) is 0. The second-order valence-corrected chi connectivity index (χ2v) is 6.01. The molecule has 0 aliphatic carbocycles. The first kappa shape index (κ1) is 16.1. The molecule has 0 amide bonds. The van der Waals surface area contributed by atoms with E-state index in [0.717, 1.165) is 22.7 Å². The summed E-state index contributed by atoms with van der Waals surface area (Å²) >= 11 is 0.